The highest BCUT2D eigenvalue weighted by atomic mass is 16.2. The van der Waals surface area contributed by atoms with Crippen LogP contribution in [-0.2, 0) is 19.6 Å². The van der Waals surface area contributed by atoms with Crippen molar-refractivity contribution < 1.29 is 9.59 Å². The lowest BCUT2D eigenvalue weighted by Crippen LogP contribution is -2.42. The van der Waals surface area contributed by atoms with Gasteiger partial charge in [-0.25, -0.2) is 14.5 Å². The number of hydrogen-bond acceptors (Lipinski definition) is 4. The second-order valence-corrected chi connectivity index (χ2v) is 7.51. The van der Waals surface area contributed by atoms with E-state index in [0.717, 1.165) is 18.2 Å². The van der Waals surface area contributed by atoms with E-state index >= 15 is 0 Å². The van der Waals surface area contributed by atoms with Gasteiger partial charge in [0.2, 0.25) is 0 Å². The molecule has 1 aliphatic heterocycles. The van der Waals surface area contributed by atoms with Crippen LogP contribution in [0.4, 0.5) is 10.6 Å². The molecule has 0 saturated heterocycles. The molecule has 0 spiro atoms. The van der Waals surface area contributed by atoms with Crippen molar-refractivity contribution in [2.45, 2.75) is 39.4 Å². The number of nitrogens with one attached hydrogen (secondary N) is 1. The first-order chi connectivity index (χ1) is 12.9. The van der Waals surface area contributed by atoms with Crippen molar-refractivity contribution in [3.05, 3.63) is 29.5 Å². The molecule has 2 aromatic heterocycles. The topological polar surface area (TPSA) is 88.3 Å². The third-order valence-electron chi connectivity index (χ3n) is 5.12. The van der Waals surface area contributed by atoms with Crippen LogP contribution in [0.5, 0.6) is 0 Å². The molecule has 2 aromatic rings. The Morgan fingerprint density at radius 1 is 1.30 bits per heavy atom. The monoisotopic (exact) mass is 371 g/mol. The number of carbonyl (C=O) groups excluding carboxylic acids is 2. The summed E-state index contributed by atoms with van der Waals surface area (Å²) in [5.74, 6) is 2.08. The Balaban J connectivity index is 1.47. The molecule has 1 N–H and O–H groups in total. The number of carbonyl (C=O) groups is 2. The summed E-state index contributed by atoms with van der Waals surface area (Å²) < 4.78 is 3.79. The Hall–Kier alpha value is -2.84. The minimum absolute atomic E-state index is 0.0619. The summed E-state index contributed by atoms with van der Waals surface area (Å²) in [6.07, 6.45) is 4.17. The highest BCUT2D eigenvalue weighted by molar-refractivity contribution is 5.93. The van der Waals surface area contributed by atoms with Crippen LogP contribution in [0, 0.1) is 12.8 Å². The second-order valence-electron chi connectivity index (χ2n) is 7.51. The van der Waals surface area contributed by atoms with Crippen LogP contribution in [-0.4, -0.2) is 61.7 Å². The van der Waals surface area contributed by atoms with Gasteiger partial charge in [-0.3, -0.25) is 10.1 Å². The molecule has 0 aromatic carbocycles. The van der Waals surface area contributed by atoms with Crippen LogP contribution in [0.3, 0.4) is 0 Å². The standard InChI is InChI=1S/C18H25N7O2/c1-12-16(17(26)22(2)3)24-9-8-23(11-15(24)20-12)18(27)21-14-6-7-19-25(14)10-13-4-5-13/h6-7,13H,4-5,8-11H2,1-3H3,(H,21,27). The molecule has 0 unspecified atom stereocenters. The summed E-state index contributed by atoms with van der Waals surface area (Å²) in [4.78, 5) is 32.9. The smallest absolute Gasteiger partial charge is 0.323 e. The molecule has 4 rings (SSSR count). The predicted octanol–water partition coefficient (Wildman–Crippen LogP) is 1.55. The van der Waals surface area contributed by atoms with Gasteiger partial charge in [-0.2, -0.15) is 5.10 Å². The van der Waals surface area contributed by atoms with Crippen LogP contribution < -0.4 is 5.32 Å². The van der Waals surface area contributed by atoms with E-state index in [0.29, 0.717) is 36.9 Å². The Kier molecular flexibility index (Phi) is 4.37. The van der Waals surface area contributed by atoms with Gasteiger partial charge in [0.15, 0.2) is 0 Å². The van der Waals surface area contributed by atoms with Crippen molar-refractivity contribution in [3.8, 4) is 0 Å². The minimum Gasteiger partial charge on any atom is -0.343 e. The van der Waals surface area contributed by atoms with Gasteiger partial charge in [0.1, 0.15) is 17.3 Å². The fourth-order valence-electron chi connectivity index (χ4n) is 3.44. The summed E-state index contributed by atoms with van der Waals surface area (Å²) >= 11 is 0. The summed E-state index contributed by atoms with van der Waals surface area (Å²) in [6, 6.07) is 1.66. The molecular formula is C18H25N7O2. The third-order valence-corrected chi connectivity index (χ3v) is 5.12. The largest absolute Gasteiger partial charge is 0.343 e. The average Bonchev–Trinajstić information content (AvgIpc) is 3.24. The number of imidazole rings is 1. The van der Waals surface area contributed by atoms with Crippen LogP contribution in [0.1, 0.15) is 34.8 Å². The fourth-order valence-corrected chi connectivity index (χ4v) is 3.44. The summed E-state index contributed by atoms with van der Waals surface area (Å²) in [6.45, 7) is 4.15. The Morgan fingerprint density at radius 3 is 2.78 bits per heavy atom. The Morgan fingerprint density at radius 2 is 2.07 bits per heavy atom. The zero-order valence-electron chi connectivity index (χ0n) is 16.0. The number of nitrogens with zero attached hydrogens (tertiary/aromatic N) is 6. The fraction of sp³-hybridized carbons (Fsp3) is 0.556. The SMILES string of the molecule is Cc1nc2n(c1C(=O)N(C)C)CCN(C(=O)Nc1ccnn1CC1CC1)C2. The molecule has 1 saturated carbocycles. The van der Waals surface area contributed by atoms with Crippen molar-refractivity contribution >= 4 is 17.8 Å². The van der Waals surface area contributed by atoms with Crippen LogP contribution in [0.2, 0.25) is 0 Å². The maximum atomic E-state index is 12.7. The van der Waals surface area contributed by atoms with Crippen LogP contribution in [0.25, 0.3) is 0 Å². The zero-order chi connectivity index (χ0) is 19.1. The van der Waals surface area contributed by atoms with E-state index in [4.69, 9.17) is 0 Å². The molecule has 0 atom stereocenters. The molecule has 0 radical (unpaired) electrons. The molecule has 27 heavy (non-hydrogen) atoms. The highest BCUT2D eigenvalue weighted by Crippen LogP contribution is 2.31. The van der Waals surface area contributed by atoms with Gasteiger partial charge in [0, 0.05) is 39.8 Å². The first-order valence-electron chi connectivity index (χ1n) is 9.29. The highest BCUT2D eigenvalue weighted by Gasteiger charge is 2.29. The molecule has 1 fully saturated rings. The molecule has 144 valence electrons. The molecule has 0 bridgehead atoms. The quantitative estimate of drug-likeness (QED) is 0.883. The first kappa shape index (κ1) is 17.6. The molecule has 1 aliphatic carbocycles. The lowest BCUT2D eigenvalue weighted by atomic mass is 10.3. The predicted molar refractivity (Wildman–Crippen MR) is 99.4 cm³/mol. The number of hydrogen-bond donors (Lipinski definition) is 1. The maximum absolute atomic E-state index is 12.7. The number of urea groups is 1. The van der Waals surface area contributed by atoms with Crippen molar-refractivity contribution in [2.75, 3.05) is 26.0 Å². The summed E-state index contributed by atoms with van der Waals surface area (Å²) in [7, 11) is 3.46. The van der Waals surface area contributed by atoms with Crippen LogP contribution in [0.15, 0.2) is 12.3 Å². The zero-order valence-corrected chi connectivity index (χ0v) is 16.0. The normalized spacial score (nSPS) is 16.2. The maximum Gasteiger partial charge on any atom is 0.323 e. The molecule has 3 amide bonds. The number of fused-ring (bicyclic) bond motifs is 1. The van der Waals surface area contributed by atoms with E-state index in [1.165, 1.54) is 12.8 Å². The summed E-state index contributed by atoms with van der Waals surface area (Å²) in [5.41, 5.74) is 1.31. The van der Waals surface area contributed by atoms with Crippen molar-refractivity contribution in [3.63, 3.8) is 0 Å². The number of amides is 3. The van der Waals surface area contributed by atoms with Crippen molar-refractivity contribution in [1.82, 2.24) is 29.1 Å². The lowest BCUT2D eigenvalue weighted by Gasteiger charge is -2.28. The first-order valence-corrected chi connectivity index (χ1v) is 9.29. The van der Waals surface area contributed by atoms with Gasteiger partial charge in [-0.05, 0) is 25.7 Å². The van der Waals surface area contributed by atoms with E-state index < -0.39 is 0 Å². The van der Waals surface area contributed by atoms with E-state index in [1.54, 1.807) is 30.1 Å². The number of anilines is 1. The van der Waals surface area contributed by atoms with Crippen molar-refractivity contribution in [2.24, 2.45) is 5.92 Å². The molecule has 9 heteroatoms. The van der Waals surface area contributed by atoms with Gasteiger partial charge in [0.25, 0.3) is 5.91 Å². The minimum atomic E-state index is -0.167. The Bertz CT molecular complexity index is 878. The van der Waals surface area contributed by atoms with Crippen molar-refractivity contribution in [1.29, 1.82) is 0 Å². The van der Waals surface area contributed by atoms with E-state index in [1.807, 2.05) is 22.2 Å². The van der Waals surface area contributed by atoms with Gasteiger partial charge in [0.05, 0.1) is 18.4 Å². The van der Waals surface area contributed by atoms with Gasteiger partial charge in [-0.1, -0.05) is 0 Å². The summed E-state index contributed by atoms with van der Waals surface area (Å²) in [5, 5.41) is 7.27. The number of aromatic nitrogens is 4. The lowest BCUT2D eigenvalue weighted by molar-refractivity contribution is 0.0813. The Labute approximate surface area is 157 Å². The van der Waals surface area contributed by atoms with E-state index in [2.05, 4.69) is 15.4 Å². The van der Waals surface area contributed by atoms with E-state index in [9.17, 15) is 9.59 Å². The number of rotatable bonds is 4. The van der Waals surface area contributed by atoms with Crippen LogP contribution >= 0.6 is 0 Å². The van der Waals surface area contributed by atoms with Gasteiger partial charge in [-0.15, -0.1) is 0 Å². The molecule has 9 nitrogen and oxygen atoms in total. The second kappa shape index (κ2) is 6.71. The van der Waals surface area contributed by atoms with E-state index in [-0.39, 0.29) is 11.9 Å². The van der Waals surface area contributed by atoms with Gasteiger partial charge >= 0.3 is 6.03 Å². The van der Waals surface area contributed by atoms with Gasteiger partial charge < -0.3 is 14.4 Å². The third kappa shape index (κ3) is 3.41. The average molecular weight is 371 g/mol. The molecule has 3 heterocycles. The number of aryl methyl sites for hydroxylation is 1. The molecule has 2 aliphatic rings. The molecular weight excluding hydrogens is 346 g/mol.